The number of methoxy groups -OCH3 is 2. The van der Waals surface area contributed by atoms with E-state index in [0.717, 1.165) is 21.9 Å². The fraction of sp³-hybridized carbons (Fsp3) is 0.208. The van der Waals surface area contributed by atoms with Crippen molar-refractivity contribution in [2.24, 2.45) is 10.2 Å². The lowest BCUT2D eigenvalue weighted by Gasteiger charge is -2.17. The number of nitrogens with zero attached hydrogens (tertiary/aromatic N) is 3. The van der Waals surface area contributed by atoms with Crippen LogP contribution in [0.1, 0.15) is 18.1 Å². The molecule has 7 heteroatoms. The number of fused-ring (bicyclic) bond motifs is 1. The molecule has 0 spiro atoms. The standard InChI is InChI=1S/C24H23N3O3S/c1-16-23(28)27(15-19-9-6-8-18-7-4-5-10-20(18)19)24(31-16)26-25-14-17-11-12-21(29-2)22(13-17)30-3/h4-14,16H,15H2,1-3H3/b25-14-,26-24+/t16-/m0/s1. The molecule has 1 heterocycles. The largest absolute Gasteiger partial charge is 0.493 e. The van der Waals surface area contributed by atoms with Crippen LogP contribution in [0.3, 0.4) is 0 Å². The minimum Gasteiger partial charge on any atom is -0.493 e. The molecule has 4 rings (SSSR count). The van der Waals surface area contributed by atoms with E-state index >= 15 is 0 Å². The summed E-state index contributed by atoms with van der Waals surface area (Å²) in [5.74, 6) is 1.31. The van der Waals surface area contributed by atoms with Gasteiger partial charge in [0.1, 0.15) is 0 Å². The number of hydrogen-bond acceptors (Lipinski definition) is 6. The van der Waals surface area contributed by atoms with Gasteiger partial charge >= 0.3 is 0 Å². The smallest absolute Gasteiger partial charge is 0.242 e. The average molecular weight is 434 g/mol. The maximum Gasteiger partial charge on any atom is 0.242 e. The number of amides is 1. The van der Waals surface area contributed by atoms with E-state index in [-0.39, 0.29) is 11.2 Å². The molecule has 1 atom stereocenters. The number of benzene rings is 3. The molecule has 3 aromatic carbocycles. The molecule has 3 aromatic rings. The third-order valence-corrected chi connectivity index (χ3v) is 6.16. The molecule has 1 aliphatic rings. The van der Waals surface area contributed by atoms with E-state index in [2.05, 4.69) is 28.4 Å². The van der Waals surface area contributed by atoms with Crippen molar-refractivity contribution in [3.05, 3.63) is 71.8 Å². The van der Waals surface area contributed by atoms with Crippen molar-refractivity contribution in [2.75, 3.05) is 14.2 Å². The van der Waals surface area contributed by atoms with E-state index in [9.17, 15) is 4.79 Å². The highest BCUT2D eigenvalue weighted by Gasteiger charge is 2.35. The number of carbonyl (C=O) groups excluding carboxylic acids is 1. The summed E-state index contributed by atoms with van der Waals surface area (Å²) in [4.78, 5) is 14.5. The molecule has 6 nitrogen and oxygen atoms in total. The minimum atomic E-state index is -0.190. The van der Waals surface area contributed by atoms with Crippen LogP contribution in [-0.4, -0.2) is 41.7 Å². The van der Waals surface area contributed by atoms with E-state index in [0.29, 0.717) is 23.2 Å². The average Bonchev–Trinajstić information content (AvgIpc) is 3.06. The van der Waals surface area contributed by atoms with Crippen LogP contribution in [0.2, 0.25) is 0 Å². The lowest BCUT2D eigenvalue weighted by atomic mass is 10.0. The number of ether oxygens (including phenoxy) is 2. The second-order valence-corrected chi connectivity index (χ2v) is 8.37. The molecule has 0 aliphatic carbocycles. The molecule has 0 N–H and O–H groups in total. The van der Waals surface area contributed by atoms with Gasteiger partial charge in [0.05, 0.1) is 32.2 Å². The fourth-order valence-electron chi connectivity index (χ4n) is 3.49. The third-order valence-electron chi connectivity index (χ3n) is 5.09. The van der Waals surface area contributed by atoms with Crippen LogP contribution in [0, 0.1) is 0 Å². The molecule has 0 unspecified atom stereocenters. The third kappa shape index (κ3) is 4.41. The van der Waals surface area contributed by atoms with Crippen LogP contribution in [0.5, 0.6) is 11.5 Å². The van der Waals surface area contributed by atoms with Crippen LogP contribution in [0.15, 0.2) is 70.9 Å². The van der Waals surface area contributed by atoms with Crippen LogP contribution in [0.25, 0.3) is 10.8 Å². The predicted octanol–water partition coefficient (Wildman–Crippen LogP) is 4.71. The van der Waals surface area contributed by atoms with Crippen molar-refractivity contribution < 1.29 is 14.3 Å². The zero-order valence-electron chi connectivity index (χ0n) is 17.6. The summed E-state index contributed by atoms with van der Waals surface area (Å²) in [6, 6.07) is 19.8. The molecule has 1 amide bonds. The first-order valence-corrected chi connectivity index (χ1v) is 10.8. The molecular weight excluding hydrogens is 410 g/mol. The molecule has 0 saturated carbocycles. The van der Waals surface area contributed by atoms with Crippen molar-refractivity contribution in [1.82, 2.24) is 4.90 Å². The van der Waals surface area contributed by atoms with Crippen molar-refractivity contribution in [3.63, 3.8) is 0 Å². The van der Waals surface area contributed by atoms with Gasteiger partial charge in [-0.3, -0.25) is 9.69 Å². The second kappa shape index (κ2) is 9.22. The highest BCUT2D eigenvalue weighted by molar-refractivity contribution is 8.15. The number of amidine groups is 1. The summed E-state index contributed by atoms with van der Waals surface area (Å²) in [5, 5.41) is 11.3. The zero-order valence-corrected chi connectivity index (χ0v) is 18.4. The van der Waals surface area contributed by atoms with Gasteiger partial charge in [0.15, 0.2) is 16.7 Å². The fourth-order valence-corrected chi connectivity index (χ4v) is 4.41. The zero-order chi connectivity index (χ0) is 21.8. The van der Waals surface area contributed by atoms with Gasteiger partial charge in [0.2, 0.25) is 5.91 Å². The molecule has 1 fully saturated rings. The normalized spacial score (nSPS) is 17.8. The van der Waals surface area contributed by atoms with Gasteiger partial charge in [-0.25, -0.2) is 0 Å². The Bertz CT molecular complexity index is 1170. The van der Waals surface area contributed by atoms with Crippen molar-refractivity contribution >= 4 is 39.8 Å². The highest BCUT2D eigenvalue weighted by Crippen LogP contribution is 2.30. The Labute approximate surface area is 185 Å². The quantitative estimate of drug-likeness (QED) is 0.417. The van der Waals surface area contributed by atoms with Crippen molar-refractivity contribution in [3.8, 4) is 11.5 Å². The lowest BCUT2D eigenvalue weighted by Crippen LogP contribution is -2.30. The molecule has 0 bridgehead atoms. The van der Waals surface area contributed by atoms with Gasteiger partial charge in [-0.05, 0) is 47.0 Å². The SMILES string of the molecule is COc1ccc(/C=N\N=C2\S[C@@H](C)C(=O)N2Cc2cccc3ccccc23)cc1OC. The van der Waals surface area contributed by atoms with Gasteiger partial charge in [-0.15, -0.1) is 5.10 Å². The summed E-state index contributed by atoms with van der Waals surface area (Å²) in [5.41, 5.74) is 1.91. The molecule has 0 radical (unpaired) electrons. The Balaban J connectivity index is 1.59. The summed E-state index contributed by atoms with van der Waals surface area (Å²) in [6.07, 6.45) is 1.64. The number of carbonyl (C=O) groups is 1. The Morgan fingerprint density at radius 2 is 1.81 bits per heavy atom. The molecule has 1 saturated heterocycles. The van der Waals surface area contributed by atoms with Crippen LogP contribution in [0.4, 0.5) is 0 Å². The van der Waals surface area contributed by atoms with Crippen molar-refractivity contribution in [1.29, 1.82) is 0 Å². The lowest BCUT2D eigenvalue weighted by molar-refractivity contribution is -0.126. The molecule has 158 valence electrons. The van der Waals surface area contributed by atoms with Crippen LogP contribution < -0.4 is 9.47 Å². The molecule has 1 aliphatic heterocycles. The number of hydrogen-bond donors (Lipinski definition) is 0. The van der Waals surface area contributed by atoms with Crippen LogP contribution in [-0.2, 0) is 11.3 Å². The summed E-state index contributed by atoms with van der Waals surface area (Å²) in [7, 11) is 3.18. The maximum absolute atomic E-state index is 12.8. The molecule has 0 aromatic heterocycles. The first-order chi connectivity index (χ1) is 15.1. The summed E-state index contributed by atoms with van der Waals surface area (Å²) >= 11 is 1.42. The van der Waals surface area contributed by atoms with E-state index in [1.54, 1.807) is 25.3 Å². The molecule has 31 heavy (non-hydrogen) atoms. The first kappa shape index (κ1) is 20.9. The van der Waals surface area contributed by atoms with Gasteiger partial charge < -0.3 is 9.47 Å². The Morgan fingerprint density at radius 1 is 1.03 bits per heavy atom. The molecular formula is C24H23N3O3S. The van der Waals surface area contributed by atoms with Crippen molar-refractivity contribution in [2.45, 2.75) is 18.7 Å². The number of thioether (sulfide) groups is 1. The second-order valence-electron chi connectivity index (χ2n) is 7.06. The van der Waals surface area contributed by atoms with Gasteiger partial charge in [-0.1, -0.05) is 54.2 Å². The van der Waals surface area contributed by atoms with Gasteiger partial charge in [0, 0.05) is 0 Å². The monoisotopic (exact) mass is 433 g/mol. The van der Waals surface area contributed by atoms with E-state index < -0.39 is 0 Å². The number of rotatable bonds is 6. The first-order valence-electron chi connectivity index (χ1n) is 9.88. The van der Waals surface area contributed by atoms with Gasteiger partial charge in [0.25, 0.3) is 0 Å². The minimum absolute atomic E-state index is 0.0398. The van der Waals surface area contributed by atoms with E-state index in [1.807, 2.05) is 49.4 Å². The Kier molecular flexibility index (Phi) is 6.23. The Hall–Kier alpha value is -3.32. The Morgan fingerprint density at radius 3 is 2.61 bits per heavy atom. The van der Waals surface area contributed by atoms with E-state index in [1.165, 1.54) is 11.8 Å². The summed E-state index contributed by atoms with van der Waals surface area (Å²) < 4.78 is 10.6. The highest BCUT2D eigenvalue weighted by atomic mass is 32.2. The van der Waals surface area contributed by atoms with Gasteiger partial charge in [-0.2, -0.15) is 5.10 Å². The van der Waals surface area contributed by atoms with E-state index in [4.69, 9.17) is 9.47 Å². The topological polar surface area (TPSA) is 63.5 Å². The predicted molar refractivity (Wildman–Crippen MR) is 126 cm³/mol. The maximum atomic E-state index is 12.8. The summed E-state index contributed by atoms with van der Waals surface area (Å²) in [6.45, 7) is 2.35. The van der Waals surface area contributed by atoms with Crippen LogP contribution >= 0.6 is 11.8 Å².